The van der Waals surface area contributed by atoms with E-state index in [1.807, 2.05) is 13.0 Å². The molecule has 1 N–H and O–H groups in total. The molecule has 1 nitrogen and oxygen atoms in total. The largest absolute Gasteiger partial charge is 0.309 e. The van der Waals surface area contributed by atoms with Gasteiger partial charge < -0.3 is 5.32 Å². The van der Waals surface area contributed by atoms with Gasteiger partial charge in [-0.2, -0.15) is 0 Å². The third-order valence-electron chi connectivity index (χ3n) is 3.11. The Kier molecular flexibility index (Phi) is 4.38. The molecular weight excluding hydrogens is 332 g/mol. The first-order valence-corrected chi connectivity index (χ1v) is 7.43. The number of nitrogens with one attached hydrogen (secondary N) is 1. The fraction of sp³-hybridized carbons (Fsp3) is 0.286. The van der Waals surface area contributed by atoms with Crippen molar-refractivity contribution in [2.75, 3.05) is 7.05 Å². The Morgan fingerprint density at radius 3 is 2.32 bits per heavy atom. The van der Waals surface area contributed by atoms with Crippen LogP contribution in [0.25, 0.3) is 0 Å². The minimum absolute atomic E-state index is 0.276. The summed E-state index contributed by atoms with van der Waals surface area (Å²) in [5.41, 5.74) is 1.92. The van der Waals surface area contributed by atoms with Gasteiger partial charge in [0.05, 0.1) is 9.83 Å². The molecule has 1 unspecified atom stereocenters. The number of hydrogen-bond acceptors (Lipinski definition) is 2. The molecule has 0 aliphatic heterocycles. The molecule has 0 bridgehead atoms. The Balaban J connectivity index is 2.54. The third kappa shape index (κ3) is 2.88. The van der Waals surface area contributed by atoms with Crippen LogP contribution in [0.5, 0.6) is 0 Å². The van der Waals surface area contributed by atoms with Crippen molar-refractivity contribution in [3.05, 3.63) is 55.2 Å². The topological polar surface area (TPSA) is 12.0 Å². The van der Waals surface area contributed by atoms with E-state index in [2.05, 4.69) is 21.2 Å². The van der Waals surface area contributed by atoms with Gasteiger partial charge in [-0.1, -0.05) is 0 Å². The summed E-state index contributed by atoms with van der Waals surface area (Å²) in [6.07, 6.45) is 0. The van der Waals surface area contributed by atoms with Gasteiger partial charge in [0.1, 0.15) is 11.6 Å². The van der Waals surface area contributed by atoms with Crippen molar-refractivity contribution < 1.29 is 8.78 Å². The highest BCUT2D eigenvalue weighted by Gasteiger charge is 2.21. The van der Waals surface area contributed by atoms with Gasteiger partial charge in [0.15, 0.2) is 0 Å². The van der Waals surface area contributed by atoms with Crippen molar-refractivity contribution in [1.29, 1.82) is 0 Å². The quantitative estimate of drug-likeness (QED) is 0.848. The van der Waals surface area contributed by atoms with Gasteiger partial charge in [-0.15, -0.1) is 11.3 Å². The van der Waals surface area contributed by atoms with E-state index in [4.69, 9.17) is 0 Å². The van der Waals surface area contributed by atoms with Gasteiger partial charge in [0, 0.05) is 16.5 Å². The molecule has 0 saturated heterocycles. The molecule has 2 rings (SSSR count). The van der Waals surface area contributed by atoms with Crippen LogP contribution in [0.3, 0.4) is 0 Å². The number of hydrogen-bond donors (Lipinski definition) is 1. The average Bonchev–Trinajstić information content (AvgIpc) is 2.66. The lowest BCUT2D eigenvalue weighted by molar-refractivity contribution is 0.547. The predicted molar refractivity (Wildman–Crippen MR) is 78.8 cm³/mol. The second-order valence-corrected chi connectivity index (χ2v) is 7.04. The molecule has 0 amide bonds. The maximum Gasteiger partial charge on any atom is 0.131 e. The first-order chi connectivity index (χ1) is 8.93. The van der Waals surface area contributed by atoms with Gasteiger partial charge in [-0.25, -0.2) is 8.78 Å². The highest BCUT2D eigenvalue weighted by Crippen LogP contribution is 2.34. The zero-order valence-corrected chi connectivity index (χ0v) is 13.3. The Bertz CT molecular complexity index is 610. The number of rotatable bonds is 3. The lowest BCUT2D eigenvalue weighted by atomic mass is 9.97. The van der Waals surface area contributed by atoms with Crippen LogP contribution in [0, 0.1) is 25.5 Å². The van der Waals surface area contributed by atoms with Crippen LogP contribution in [0.4, 0.5) is 8.78 Å². The van der Waals surface area contributed by atoms with E-state index < -0.39 is 11.6 Å². The van der Waals surface area contributed by atoms with Crippen LogP contribution >= 0.6 is 27.3 Å². The van der Waals surface area contributed by atoms with Gasteiger partial charge in [0.2, 0.25) is 0 Å². The van der Waals surface area contributed by atoms with Crippen LogP contribution in [0.2, 0.25) is 0 Å². The molecule has 1 aromatic heterocycles. The van der Waals surface area contributed by atoms with Gasteiger partial charge in [-0.3, -0.25) is 0 Å². The van der Waals surface area contributed by atoms with Crippen molar-refractivity contribution in [2.45, 2.75) is 19.9 Å². The zero-order valence-electron chi connectivity index (χ0n) is 10.9. The highest BCUT2D eigenvalue weighted by atomic mass is 79.9. The number of aryl methyl sites for hydroxylation is 2. The predicted octanol–water partition coefficient (Wildman–Crippen LogP) is 4.71. The molecule has 1 atom stereocenters. The van der Waals surface area contributed by atoms with Crippen LogP contribution < -0.4 is 5.32 Å². The SMILES string of the molecule is CNC(c1cc(C)c(F)cc1F)c1cc(Br)sc1C. The van der Waals surface area contributed by atoms with Crippen molar-refractivity contribution in [2.24, 2.45) is 0 Å². The normalized spacial score (nSPS) is 12.7. The Morgan fingerprint density at radius 2 is 1.79 bits per heavy atom. The number of benzene rings is 1. The van der Waals surface area contributed by atoms with Crippen molar-refractivity contribution >= 4 is 27.3 Å². The fourth-order valence-corrected chi connectivity index (χ4v) is 3.87. The molecule has 0 fully saturated rings. The highest BCUT2D eigenvalue weighted by molar-refractivity contribution is 9.11. The smallest absolute Gasteiger partial charge is 0.131 e. The average molecular weight is 346 g/mol. The standard InChI is InChI=1S/C14H14BrF2NS/c1-7-4-10(12(17)6-11(7)16)14(18-3)9-5-13(15)19-8(9)2/h4-6,14,18H,1-3H3. The summed E-state index contributed by atoms with van der Waals surface area (Å²) in [4.78, 5) is 1.10. The summed E-state index contributed by atoms with van der Waals surface area (Å²) in [5.74, 6) is -1.04. The second-order valence-electron chi connectivity index (χ2n) is 4.41. The van der Waals surface area contributed by atoms with E-state index in [0.29, 0.717) is 11.1 Å². The summed E-state index contributed by atoms with van der Waals surface area (Å²) in [5, 5.41) is 3.10. The molecule has 102 valence electrons. The summed E-state index contributed by atoms with van der Waals surface area (Å²) in [6, 6.07) is 4.21. The summed E-state index contributed by atoms with van der Waals surface area (Å²) >= 11 is 5.04. The molecule has 0 saturated carbocycles. The van der Waals surface area contributed by atoms with Crippen LogP contribution in [0.15, 0.2) is 22.0 Å². The lowest BCUT2D eigenvalue weighted by Crippen LogP contribution is -2.19. The fourth-order valence-electron chi connectivity index (χ4n) is 2.12. The third-order valence-corrected chi connectivity index (χ3v) is 4.68. The number of thiophene rings is 1. The Hall–Kier alpha value is -0.780. The molecule has 2 aromatic rings. The summed E-state index contributed by atoms with van der Waals surface area (Å²) in [6.45, 7) is 3.63. The van der Waals surface area contributed by atoms with Gasteiger partial charge in [0.25, 0.3) is 0 Å². The molecule has 1 heterocycles. The molecular formula is C14H14BrF2NS. The van der Waals surface area contributed by atoms with E-state index in [1.54, 1.807) is 31.4 Å². The monoisotopic (exact) mass is 345 g/mol. The maximum atomic E-state index is 14.0. The van der Waals surface area contributed by atoms with Crippen molar-refractivity contribution in [3.63, 3.8) is 0 Å². The molecule has 1 aromatic carbocycles. The summed E-state index contributed by atoms with van der Waals surface area (Å²) in [7, 11) is 1.77. The first kappa shape index (κ1) is 14.6. The molecule has 0 aliphatic carbocycles. The molecule has 0 spiro atoms. The van der Waals surface area contributed by atoms with E-state index in [-0.39, 0.29) is 6.04 Å². The van der Waals surface area contributed by atoms with Crippen molar-refractivity contribution in [1.82, 2.24) is 5.32 Å². The first-order valence-electron chi connectivity index (χ1n) is 5.82. The van der Waals surface area contributed by atoms with E-state index >= 15 is 0 Å². The number of halogens is 3. The molecule has 19 heavy (non-hydrogen) atoms. The molecule has 5 heteroatoms. The van der Waals surface area contributed by atoms with Gasteiger partial charge >= 0.3 is 0 Å². The lowest BCUT2D eigenvalue weighted by Gasteiger charge is -2.18. The molecule has 0 radical (unpaired) electrons. The summed E-state index contributed by atoms with van der Waals surface area (Å²) < 4.78 is 28.3. The Morgan fingerprint density at radius 1 is 1.11 bits per heavy atom. The van der Waals surface area contributed by atoms with Crippen LogP contribution in [-0.4, -0.2) is 7.05 Å². The Labute approximate surface area is 123 Å². The van der Waals surface area contributed by atoms with Crippen LogP contribution in [0.1, 0.15) is 27.6 Å². The van der Waals surface area contributed by atoms with E-state index in [1.165, 1.54) is 0 Å². The second kappa shape index (κ2) is 5.69. The maximum absolute atomic E-state index is 14.0. The van der Waals surface area contributed by atoms with Crippen molar-refractivity contribution in [3.8, 4) is 0 Å². The minimum atomic E-state index is -0.524. The van der Waals surface area contributed by atoms with Crippen LogP contribution in [-0.2, 0) is 0 Å². The zero-order chi connectivity index (χ0) is 14.2. The minimum Gasteiger partial charge on any atom is -0.309 e. The molecule has 0 aliphatic rings. The van der Waals surface area contributed by atoms with Gasteiger partial charge in [-0.05, 0) is 60.1 Å². The van der Waals surface area contributed by atoms with E-state index in [9.17, 15) is 8.78 Å². The van der Waals surface area contributed by atoms with E-state index in [0.717, 1.165) is 20.3 Å².